The lowest BCUT2D eigenvalue weighted by Crippen LogP contribution is -2.57. The highest BCUT2D eigenvalue weighted by Gasteiger charge is 2.32. The van der Waals surface area contributed by atoms with E-state index >= 15 is 0 Å². The molecule has 1 saturated heterocycles. The molecule has 0 unspecified atom stereocenters. The molecule has 0 atom stereocenters. The van der Waals surface area contributed by atoms with E-state index in [1.54, 1.807) is 11.0 Å². The number of benzene rings is 1. The van der Waals surface area contributed by atoms with E-state index in [0.717, 1.165) is 5.69 Å². The Balaban J connectivity index is 1.42. The van der Waals surface area contributed by atoms with Crippen LogP contribution in [0.3, 0.4) is 0 Å². The Bertz CT molecular complexity index is 684. The van der Waals surface area contributed by atoms with Crippen LogP contribution in [0.2, 0.25) is 0 Å². The molecule has 6 heteroatoms. The maximum absolute atomic E-state index is 12.8. The van der Waals surface area contributed by atoms with Gasteiger partial charge in [0.1, 0.15) is 17.7 Å². The van der Waals surface area contributed by atoms with Crippen LogP contribution in [0.1, 0.15) is 5.69 Å². The average Bonchev–Trinajstić information content (AvgIpc) is 2.50. The molecular weight excluding hydrogens is 299 g/mol. The second-order valence-corrected chi connectivity index (χ2v) is 5.40. The molecule has 5 nitrogen and oxygen atoms in total. The van der Waals surface area contributed by atoms with Gasteiger partial charge in [0.15, 0.2) is 6.61 Å². The number of aromatic nitrogens is 1. The Morgan fingerprint density at radius 3 is 2.70 bits per heavy atom. The molecule has 0 radical (unpaired) electrons. The molecule has 0 N–H and O–H groups in total. The lowest BCUT2D eigenvalue weighted by atomic mass is 10.1. The quantitative estimate of drug-likeness (QED) is 0.848. The zero-order valence-corrected chi connectivity index (χ0v) is 12.7. The third kappa shape index (κ3) is 3.97. The van der Waals surface area contributed by atoms with E-state index in [1.807, 2.05) is 19.1 Å². The SMILES string of the molecule is Cc1cccc(OC2CN(C(=O)COc3ccc(F)cc3)C2)n1. The molecule has 1 aromatic carbocycles. The Kier molecular flexibility index (Phi) is 4.41. The fourth-order valence-corrected chi connectivity index (χ4v) is 2.24. The highest BCUT2D eigenvalue weighted by molar-refractivity contribution is 5.78. The van der Waals surface area contributed by atoms with Crippen molar-refractivity contribution in [2.75, 3.05) is 19.7 Å². The van der Waals surface area contributed by atoms with Crippen molar-refractivity contribution in [2.45, 2.75) is 13.0 Å². The van der Waals surface area contributed by atoms with Gasteiger partial charge < -0.3 is 14.4 Å². The molecular formula is C17H17FN2O3. The minimum absolute atomic E-state index is 0.0425. The number of ether oxygens (including phenoxy) is 2. The van der Waals surface area contributed by atoms with E-state index in [-0.39, 0.29) is 24.4 Å². The van der Waals surface area contributed by atoms with E-state index in [2.05, 4.69) is 4.98 Å². The summed E-state index contributed by atoms with van der Waals surface area (Å²) in [6.45, 7) is 2.86. The largest absolute Gasteiger partial charge is 0.484 e. The second-order valence-electron chi connectivity index (χ2n) is 5.40. The van der Waals surface area contributed by atoms with Crippen LogP contribution < -0.4 is 9.47 Å². The fourth-order valence-electron chi connectivity index (χ4n) is 2.24. The number of nitrogens with zero attached hydrogens (tertiary/aromatic N) is 2. The molecule has 0 spiro atoms. The van der Waals surface area contributed by atoms with Gasteiger partial charge in [0.2, 0.25) is 5.88 Å². The molecule has 0 bridgehead atoms. The third-order valence-electron chi connectivity index (χ3n) is 3.53. The third-order valence-corrected chi connectivity index (χ3v) is 3.53. The minimum atomic E-state index is -0.337. The van der Waals surface area contributed by atoms with Gasteiger partial charge in [-0.3, -0.25) is 4.79 Å². The second kappa shape index (κ2) is 6.64. The first-order valence-electron chi connectivity index (χ1n) is 7.36. The van der Waals surface area contributed by atoms with Crippen LogP contribution in [0.4, 0.5) is 4.39 Å². The zero-order chi connectivity index (χ0) is 16.2. The fraction of sp³-hybridized carbons (Fsp3) is 0.294. The van der Waals surface area contributed by atoms with Crippen molar-refractivity contribution in [1.29, 1.82) is 0 Å². The zero-order valence-electron chi connectivity index (χ0n) is 12.7. The van der Waals surface area contributed by atoms with E-state index < -0.39 is 0 Å². The molecule has 1 aliphatic heterocycles. The summed E-state index contributed by atoms with van der Waals surface area (Å²) in [6.07, 6.45) is -0.0425. The van der Waals surface area contributed by atoms with Crippen molar-refractivity contribution < 1.29 is 18.7 Å². The number of halogens is 1. The van der Waals surface area contributed by atoms with Crippen LogP contribution in [0.25, 0.3) is 0 Å². The number of carbonyl (C=O) groups excluding carboxylic acids is 1. The number of hydrogen-bond acceptors (Lipinski definition) is 4. The summed E-state index contributed by atoms with van der Waals surface area (Å²) in [5, 5.41) is 0. The van der Waals surface area contributed by atoms with E-state index in [1.165, 1.54) is 24.3 Å². The van der Waals surface area contributed by atoms with Gasteiger partial charge in [0.05, 0.1) is 13.1 Å². The smallest absolute Gasteiger partial charge is 0.260 e. The summed E-state index contributed by atoms with van der Waals surface area (Å²) in [5.74, 6) is 0.587. The molecule has 2 heterocycles. The van der Waals surface area contributed by atoms with Gasteiger partial charge in [0, 0.05) is 11.8 Å². The summed E-state index contributed by atoms with van der Waals surface area (Å²) in [4.78, 5) is 17.9. The lowest BCUT2D eigenvalue weighted by molar-refractivity contribution is -0.142. The summed E-state index contributed by atoms with van der Waals surface area (Å²) in [5.41, 5.74) is 0.891. The van der Waals surface area contributed by atoms with Gasteiger partial charge in [-0.15, -0.1) is 0 Å². The lowest BCUT2D eigenvalue weighted by Gasteiger charge is -2.38. The normalized spacial score (nSPS) is 14.3. The first kappa shape index (κ1) is 15.3. The molecule has 23 heavy (non-hydrogen) atoms. The van der Waals surface area contributed by atoms with Crippen LogP contribution in [0.5, 0.6) is 11.6 Å². The number of amides is 1. The topological polar surface area (TPSA) is 51.7 Å². The molecule has 0 saturated carbocycles. The van der Waals surface area contributed by atoms with Gasteiger partial charge in [-0.1, -0.05) is 6.07 Å². The van der Waals surface area contributed by atoms with Crippen molar-refractivity contribution in [3.63, 3.8) is 0 Å². The first-order valence-corrected chi connectivity index (χ1v) is 7.36. The Morgan fingerprint density at radius 1 is 1.26 bits per heavy atom. The van der Waals surface area contributed by atoms with Crippen LogP contribution in [-0.4, -0.2) is 41.6 Å². The maximum atomic E-state index is 12.8. The predicted octanol–water partition coefficient (Wildman–Crippen LogP) is 2.20. The number of hydrogen-bond donors (Lipinski definition) is 0. The number of rotatable bonds is 5. The summed E-state index contributed by atoms with van der Waals surface area (Å²) < 4.78 is 23.8. The first-order chi connectivity index (χ1) is 11.1. The molecule has 1 aromatic heterocycles. The summed E-state index contributed by atoms with van der Waals surface area (Å²) in [6, 6.07) is 11.2. The van der Waals surface area contributed by atoms with E-state index in [9.17, 15) is 9.18 Å². The Labute approximate surface area is 133 Å². The van der Waals surface area contributed by atoms with Crippen molar-refractivity contribution in [3.05, 3.63) is 54.0 Å². The van der Waals surface area contributed by atoms with Crippen molar-refractivity contribution in [2.24, 2.45) is 0 Å². The van der Waals surface area contributed by atoms with Crippen molar-refractivity contribution in [3.8, 4) is 11.6 Å². The number of aryl methyl sites for hydroxylation is 1. The van der Waals surface area contributed by atoms with E-state index in [4.69, 9.17) is 9.47 Å². The number of carbonyl (C=O) groups is 1. The highest BCUT2D eigenvalue weighted by Crippen LogP contribution is 2.17. The summed E-state index contributed by atoms with van der Waals surface area (Å²) in [7, 11) is 0. The van der Waals surface area contributed by atoms with Gasteiger partial charge in [-0.25, -0.2) is 9.37 Å². The Morgan fingerprint density at radius 2 is 2.00 bits per heavy atom. The molecule has 2 aromatic rings. The minimum Gasteiger partial charge on any atom is -0.484 e. The molecule has 3 rings (SSSR count). The molecule has 1 amide bonds. The summed E-state index contributed by atoms with van der Waals surface area (Å²) >= 11 is 0. The van der Waals surface area contributed by atoms with Crippen molar-refractivity contribution in [1.82, 2.24) is 9.88 Å². The van der Waals surface area contributed by atoms with Crippen LogP contribution >= 0.6 is 0 Å². The van der Waals surface area contributed by atoms with Crippen molar-refractivity contribution >= 4 is 5.91 Å². The number of likely N-dealkylation sites (tertiary alicyclic amines) is 1. The standard InChI is InChI=1S/C17H17FN2O3/c1-12-3-2-4-16(19-12)23-15-9-20(10-15)17(21)11-22-14-7-5-13(18)6-8-14/h2-8,15H,9-11H2,1H3. The van der Waals surface area contributed by atoms with Crippen LogP contribution in [-0.2, 0) is 4.79 Å². The van der Waals surface area contributed by atoms with Crippen LogP contribution in [0.15, 0.2) is 42.5 Å². The predicted molar refractivity (Wildman–Crippen MR) is 81.9 cm³/mol. The van der Waals surface area contributed by atoms with Gasteiger partial charge in [-0.05, 0) is 37.3 Å². The van der Waals surface area contributed by atoms with Gasteiger partial charge in [-0.2, -0.15) is 0 Å². The highest BCUT2D eigenvalue weighted by atomic mass is 19.1. The van der Waals surface area contributed by atoms with Gasteiger partial charge >= 0.3 is 0 Å². The number of pyridine rings is 1. The Hall–Kier alpha value is -2.63. The molecule has 1 fully saturated rings. The monoisotopic (exact) mass is 316 g/mol. The molecule has 120 valence electrons. The average molecular weight is 316 g/mol. The molecule has 0 aliphatic carbocycles. The van der Waals surface area contributed by atoms with Gasteiger partial charge in [0.25, 0.3) is 5.91 Å². The molecule has 1 aliphatic rings. The maximum Gasteiger partial charge on any atom is 0.260 e. The van der Waals surface area contributed by atoms with Crippen LogP contribution in [0, 0.1) is 12.7 Å². The van der Waals surface area contributed by atoms with E-state index in [0.29, 0.717) is 24.7 Å².